The van der Waals surface area contributed by atoms with Crippen molar-refractivity contribution in [1.82, 2.24) is 4.90 Å². The largest absolute Gasteiger partial charge is 0.386 e. The standard InChI is InChI=1S/C18H25NO2/c1-14(2)18(21)12-19(13-18)16(20)17(10-6-7-11-17)15-8-4-3-5-9-15/h3-5,8-9,14,21H,6-7,10-13H2,1-2H3. The molecule has 2 fully saturated rings. The van der Waals surface area contributed by atoms with E-state index >= 15 is 0 Å². The molecule has 2 aliphatic rings. The number of aliphatic hydroxyl groups is 1. The molecule has 0 bridgehead atoms. The van der Waals surface area contributed by atoms with Crippen LogP contribution in [0, 0.1) is 5.92 Å². The van der Waals surface area contributed by atoms with Gasteiger partial charge in [0.2, 0.25) is 5.91 Å². The highest BCUT2D eigenvalue weighted by atomic mass is 16.3. The van der Waals surface area contributed by atoms with Crippen molar-refractivity contribution >= 4 is 5.91 Å². The molecule has 1 N–H and O–H groups in total. The van der Waals surface area contributed by atoms with Crippen LogP contribution in [0.1, 0.15) is 45.1 Å². The predicted molar refractivity (Wildman–Crippen MR) is 83.0 cm³/mol. The van der Waals surface area contributed by atoms with E-state index in [4.69, 9.17) is 0 Å². The number of carbonyl (C=O) groups is 1. The second-order valence-electron chi connectivity index (χ2n) is 7.07. The molecule has 3 nitrogen and oxygen atoms in total. The lowest BCUT2D eigenvalue weighted by molar-refractivity contribution is -0.169. The second kappa shape index (κ2) is 5.13. The van der Waals surface area contributed by atoms with Gasteiger partial charge in [0.05, 0.1) is 18.5 Å². The predicted octanol–water partition coefficient (Wildman–Crippen LogP) is 2.73. The maximum atomic E-state index is 13.1. The molecule has 1 saturated carbocycles. The molecule has 1 amide bonds. The highest BCUT2D eigenvalue weighted by molar-refractivity contribution is 5.89. The molecule has 1 aromatic rings. The van der Waals surface area contributed by atoms with Crippen LogP contribution in [0.15, 0.2) is 30.3 Å². The van der Waals surface area contributed by atoms with Gasteiger partial charge in [0.15, 0.2) is 0 Å². The Labute approximate surface area is 127 Å². The van der Waals surface area contributed by atoms with Crippen LogP contribution in [0.2, 0.25) is 0 Å². The summed E-state index contributed by atoms with van der Waals surface area (Å²) in [7, 11) is 0. The number of carbonyl (C=O) groups excluding carboxylic acids is 1. The summed E-state index contributed by atoms with van der Waals surface area (Å²) in [6.45, 7) is 5.00. The number of benzene rings is 1. The Morgan fingerprint density at radius 1 is 1.14 bits per heavy atom. The summed E-state index contributed by atoms with van der Waals surface area (Å²) in [6, 6.07) is 10.2. The van der Waals surface area contributed by atoms with E-state index in [9.17, 15) is 9.90 Å². The molecular formula is C18H25NO2. The monoisotopic (exact) mass is 287 g/mol. The van der Waals surface area contributed by atoms with Crippen molar-refractivity contribution in [2.75, 3.05) is 13.1 Å². The van der Waals surface area contributed by atoms with Crippen LogP contribution in [0.5, 0.6) is 0 Å². The van der Waals surface area contributed by atoms with E-state index in [0.717, 1.165) is 31.2 Å². The van der Waals surface area contributed by atoms with E-state index in [1.54, 1.807) is 0 Å². The molecule has 0 atom stereocenters. The van der Waals surface area contributed by atoms with Crippen molar-refractivity contribution in [1.29, 1.82) is 0 Å². The summed E-state index contributed by atoms with van der Waals surface area (Å²) in [5.74, 6) is 0.411. The molecule has 1 aliphatic carbocycles. The van der Waals surface area contributed by atoms with Gasteiger partial charge in [-0.2, -0.15) is 0 Å². The number of nitrogens with zero attached hydrogens (tertiary/aromatic N) is 1. The molecule has 21 heavy (non-hydrogen) atoms. The van der Waals surface area contributed by atoms with Crippen LogP contribution in [-0.2, 0) is 10.2 Å². The van der Waals surface area contributed by atoms with E-state index in [2.05, 4.69) is 12.1 Å². The van der Waals surface area contributed by atoms with Crippen LogP contribution in [0.3, 0.4) is 0 Å². The molecule has 1 saturated heterocycles. The third kappa shape index (κ3) is 2.28. The number of β-amino-alcohol motifs (C(OH)–C–C–N with tert-alkyl or cyclic N) is 1. The van der Waals surface area contributed by atoms with Crippen LogP contribution in [0.25, 0.3) is 0 Å². The maximum absolute atomic E-state index is 13.1. The summed E-state index contributed by atoms with van der Waals surface area (Å²) in [5.41, 5.74) is 0.110. The van der Waals surface area contributed by atoms with Crippen LogP contribution < -0.4 is 0 Å². The Morgan fingerprint density at radius 3 is 2.24 bits per heavy atom. The van der Waals surface area contributed by atoms with Crippen molar-refractivity contribution < 1.29 is 9.90 Å². The van der Waals surface area contributed by atoms with E-state index in [1.807, 2.05) is 36.9 Å². The minimum Gasteiger partial charge on any atom is -0.386 e. The van der Waals surface area contributed by atoms with E-state index in [0.29, 0.717) is 13.1 Å². The first-order valence-corrected chi connectivity index (χ1v) is 8.05. The lowest BCUT2D eigenvalue weighted by Crippen LogP contribution is -2.68. The van der Waals surface area contributed by atoms with E-state index in [1.165, 1.54) is 0 Å². The smallest absolute Gasteiger partial charge is 0.233 e. The average molecular weight is 287 g/mol. The third-order valence-electron chi connectivity index (χ3n) is 5.48. The molecule has 3 heteroatoms. The van der Waals surface area contributed by atoms with Crippen LogP contribution >= 0.6 is 0 Å². The lowest BCUT2D eigenvalue weighted by Gasteiger charge is -2.51. The Morgan fingerprint density at radius 2 is 1.71 bits per heavy atom. The number of rotatable bonds is 3. The molecule has 1 aliphatic heterocycles. The molecule has 1 heterocycles. The van der Waals surface area contributed by atoms with Gasteiger partial charge in [-0.05, 0) is 24.3 Å². The minimum absolute atomic E-state index is 0.192. The molecule has 3 rings (SSSR count). The Bertz CT molecular complexity index is 511. The van der Waals surface area contributed by atoms with Crippen molar-refractivity contribution in [3.05, 3.63) is 35.9 Å². The normalized spacial score (nSPS) is 23.1. The second-order valence-corrected chi connectivity index (χ2v) is 7.07. The van der Waals surface area contributed by atoms with Gasteiger partial charge < -0.3 is 10.0 Å². The zero-order valence-electron chi connectivity index (χ0n) is 13.0. The summed E-state index contributed by atoms with van der Waals surface area (Å²) < 4.78 is 0. The van der Waals surface area contributed by atoms with Gasteiger partial charge in [0, 0.05) is 0 Å². The summed E-state index contributed by atoms with van der Waals surface area (Å²) in [5, 5.41) is 10.4. The van der Waals surface area contributed by atoms with Gasteiger partial charge in [0.1, 0.15) is 5.60 Å². The third-order valence-corrected chi connectivity index (χ3v) is 5.48. The van der Waals surface area contributed by atoms with Crippen molar-refractivity contribution in [3.8, 4) is 0 Å². The SMILES string of the molecule is CC(C)C1(O)CN(C(=O)C2(c3ccccc3)CCCC2)C1. The van der Waals surface area contributed by atoms with Crippen molar-refractivity contribution in [2.24, 2.45) is 5.92 Å². The number of amides is 1. The van der Waals surface area contributed by atoms with Crippen LogP contribution in [0.4, 0.5) is 0 Å². The van der Waals surface area contributed by atoms with E-state index < -0.39 is 5.60 Å². The number of hydrogen-bond donors (Lipinski definition) is 1. The summed E-state index contributed by atoms with van der Waals surface area (Å²) >= 11 is 0. The quantitative estimate of drug-likeness (QED) is 0.928. The van der Waals surface area contributed by atoms with Crippen LogP contribution in [-0.4, -0.2) is 34.6 Å². The molecule has 0 unspecified atom stereocenters. The van der Waals surface area contributed by atoms with Gasteiger partial charge in [-0.1, -0.05) is 57.0 Å². The Kier molecular flexibility index (Phi) is 3.56. The molecular weight excluding hydrogens is 262 g/mol. The molecule has 0 radical (unpaired) electrons. The number of likely N-dealkylation sites (tertiary alicyclic amines) is 1. The molecule has 1 aromatic carbocycles. The van der Waals surface area contributed by atoms with Crippen molar-refractivity contribution in [3.63, 3.8) is 0 Å². The molecule has 0 spiro atoms. The first-order valence-electron chi connectivity index (χ1n) is 8.05. The first-order chi connectivity index (χ1) is 9.98. The van der Waals surface area contributed by atoms with E-state index in [-0.39, 0.29) is 17.2 Å². The Balaban J connectivity index is 1.82. The highest BCUT2D eigenvalue weighted by Gasteiger charge is 2.52. The fourth-order valence-corrected chi connectivity index (χ4v) is 3.79. The van der Waals surface area contributed by atoms with Gasteiger partial charge in [-0.3, -0.25) is 4.79 Å². The average Bonchev–Trinajstić information content (AvgIpc) is 2.94. The summed E-state index contributed by atoms with van der Waals surface area (Å²) in [6.07, 6.45) is 4.10. The zero-order valence-corrected chi connectivity index (χ0v) is 13.0. The highest BCUT2D eigenvalue weighted by Crippen LogP contribution is 2.44. The fourth-order valence-electron chi connectivity index (χ4n) is 3.79. The Hall–Kier alpha value is -1.35. The first kappa shape index (κ1) is 14.6. The number of hydrogen-bond acceptors (Lipinski definition) is 2. The van der Waals surface area contributed by atoms with Gasteiger partial charge in [-0.25, -0.2) is 0 Å². The summed E-state index contributed by atoms with van der Waals surface area (Å²) in [4.78, 5) is 14.9. The zero-order chi connectivity index (χ0) is 15.1. The topological polar surface area (TPSA) is 40.5 Å². The lowest BCUT2D eigenvalue weighted by atomic mass is 9.74. The minimum atomic E-state index is -0.688. The van der Waals surface area contributed by atoms with Gasteiger partial charge in [-0.15, -0.1) is 0 Å². The van der Waals surface area contributed by atoms with Gasteiger partial charge in [0.25, 0.3) is 0 Å². The maximum Gasteiger partial charge on any atom is 0.233 e. The molecule has 114 valence electrons. The van der Waals surface area contributed by atoms with Crippen molar-refractivity contribution in [2.45, 2.75) is 50.5 Å². The molecule has 0 aromatic heterocycles. The fraction of sp³-hybridized carbons (Fsp3) is 0.611. The van der Waals surface area contributed by atoms with Gasteiger partial charge >= 0.3 is 0 Å².